The molecule has 8 heteroatoms. The van der Waals surface area contributed by atoms with E-state index in [4.69, 9.17) is 0 Å². The van der Waals surface area contributed by atoms with Gasteiger partial charge in [0.25, 0.3) is 15.9 Å². The Kier molecular flexibility index (Phi) is 5.48. The zero-order valence-corrected chi connectivity index (χ0v) is 19.7. The topological polar surface area (TPSA) is 81.1 Å². The minimum Gasteiger partial charge on any atom is -0.349 e. The highest BCUT2D eigenvalue weighted by atomic mass is 32.2. The van der Waals surface area contributed by atoms with Crippen LogP contribution in [-0.4, -0.2) is 29.6 Å². The van der Waals surface area contributed by atoms with Crippen molar-refractivity contribution in [2.24, 2.45) is 0 Å². The first-order valence-corrected chi connectivity index (χ1v) is 12.7. The molecular formula is C26H24FN3O3S. The molecule has 1 aliphatic carbocycles. The lowest BCUT2D eigenvalue weighted by Crippen LogP contribution is -2.25. The number of rotatable bonds is 6. The summed E-state index contributed by atoms with van der Waals surface area (Å²) in [6, 6.07) is 15.0. The molecule has 34 heavy (non-hydrogen) atoms. The van der Waals surface area contributed by atoms with E-state index in [1.54, 1.807) is 55.5 Å². The highest BCUT2D eigenvalue weighted by molar-refractivity contribution is 7.90. The summed E-state index contributed by atoms with van der Waals surface area (Å²) in [6.45, 7) is 3.66. The number of aryl methyl sites for hydroxylation is 1. The van der Waals surface area contributed by atoms with Gasteiger partial charge in [0, 0.05) is 17.0 Å². The van der Waals surface area contributed by atoms with Gasteiger partial charge < -0.3 is 5.32 Å². The van der Waals surface area contributed by atoms with E-state index in [2.05, 4.69) is 10.4 Å². The van der Waals surface area contributed by atoms with E-state index in [-0.39, 0.29) is 22.4 Å². The number of nitrogens with one attached hydrogen (secondary N) is 1. The quantitative estimate of drug-likeness (QED) is 0.431. The van der Waals surface area contributed by atoms with Crippen molar-refractivity contribution in [1.29, 1.82) is 0 Å². The maximum atomic E-state index is 14.7. The largest absolute Gasteiger partial charge is 0.349 e. The van der Waals surface area contributed by atoms with Crippen molar-refractivity contribution in [1.82, 2.24) is 14.5 Å². The number of halogens is 1. The third-order valence-electron chi connectivity index (χ3n) is 6.22. The van der Waals surface area contributed by atoms with Crippen LogP contribution < -0.4 is 5.32 Å². The number of amides is 1. The van der Waals surface area contributed by atoms with Crippen molar-refractivity contribution in [2.45, 2.75) is 44.0 Å². The molecule has 174 valence electrons. The zero-order valence-electron chi connectivity index (χ0n) is 18.9. The molecule has 1 N–H and O–H groups in total. The molecule has 1 aromatic heterocycles. The second-order valence-corrected chi connectivity index (χ2v) is 10.4. The van der Waals surface area contributed by atoms with Crippen LogP contribution in [0.3, 0.4) is 0 Å². The van der Waals surface area contributed by atoms with Crippen molar-refractivity contribution < 1.29 is 17.6 Å². The molecule has 0 unspecified atom stereocenters. The Labute approximate surface area is 197 Å². The Morgan fingerprint density at radius 3 is 2.53 bits per heavy atom. The van der Waals surface area contributed by atoms with Crippen molar-refractivity contribution in [3.63, 3.8) is 0 Å². The predicted molar refractivity (Wildman–Crippen MR) is 129 cm³/mol. The van der Waals surface area contributed by atoms with Crippen LogP contribution in [0.5, 0.6) is 0 Å². The SMILES string of the molecule is CCc1ccc(S(=O)(=O)n2ncc3cc(-c4cc(C(=O)NC5CC5)cc(F)c4C)ccc32)cc1. The van der Waals surface area contributed by atoms with Gasteiger partial charge >= 0.3 is 0 Å². The van der Waals surface area contributed by atoms with Crippen LogP contribution in [-0.2, 0) is 16.4 Å². The molecule has 4 aromatic rings. The van der Waals surface area contributed by atoms with Crippen molar-refractivity contribution in [3.05, 3.63) is 83.3 Å². The van der Waals surface area contributed by atoms with E-state index in [1.165, 1.54) is 12.3 Å². The Balaban J connectivity index is 1.54. The molecule has 0 aliphatic heterocycles. The van der Waals surface area contributed by atoms with Gasteiger partial charge in [-0.05, 0) is 84.8 Å². The maximum absolute atomic E-state index is 14.7. The highest BCUT2D eigenvalue weighted by Gasteiger charge is 2.25. The first-order valence-electron chi connectivity index (χ1n) is 11.2. The van der Waals surface area contributed by atoms with Crippen molar-refractivity contribution in [3.8, 4) is 11.1 Å². The molecule has 5 rings (SSSR count). The fourth-order valence-corrected chi connectivity index (χ4v) is 5.25. The molecule has 1 amide bonds. The van der Waals surface area contributed by atoms with Crippen LogP contribution in [0.4, 0.5) is 4.39 Å². The third-order valence-corrected chi connectivity index (χ3v) is 7.84. The molecule has 1 saturated carbocycles. The minimum absolute atomic E-state index is 0.158. The van der Waals surface area contributed by atoms with E-state index in [9.17, 15) is 17.6 Å². The van der Waals surface area contributed by atoms with Gasteiger partial charge in [0.1, 0.15) is 5.82 Å². The molecule has 0 atom stereocenters. The van der Waals surface area contributed by atoms with Crippen LogP contribution in [0, 0.1) is 12.7 Å². The average Bonchev–Trinajstić information content (AvgIpc) is 3.54. The zero-order chi connectivity index (χ0) is 24.0. The minimum atomic E-state index is -3.87. The maximum Gasteiger partial charge on any atom is 0.283 e. The fourth-order valence-electron chi connectivity index (χ4n) is 3.97. The van der Waals surface area contributed by atoms with Gasteiger partial charge in [0.05, 0.1) is 16.6 Å². The van der Waals surface area contributed by atoms with Gasteiger partial charge in [-0.3, -0.25) is 4.79 Å². The lowest BCUT2D eigenvalue weighted by molar-refractivity contribution is 0.0950. The van der Waals surface area contributed by atoms with Gasteiger partial charge in [-0.2, -0.15) is 17.6 Å². The van der Waals surface area contributed by atoms with E-state index in [1.807, 2.05) is 6.92 Å². The molecular weight excluding hydrogens is 453 g/mol. The van der Waals surface area contributed by atoms with Crippen LogP contribution in [0.25, 0.3) is 22.0 Å². The molecule has 0 saturated heterocycles. The Morgan fingerprint density at radius 1 is 1.12 bits per heavy atom. The second kappa shape index (κ2) is 8.36. The molecule has 1 aliphatic rings. The predicted octanol–water partition coefficient (Wildman–Crippen LogP) is 4.84. The van der Waals surface area contributed by atoms with E-state index in [0.29, 0.717) is 27.6 Å². The number of carbonyl (C=O) groups excluding carboxylic acids is 1. The third kappa shape index (κ3) is 3.98. The van der Waals surface area contributed by atoms with Gasteiger partial charge in [-0.25, -0.2) is 4.39 Å². The first-order chi connectivity index (χ1) is 16.3. The standard InChI is InChI=1S/C26H24FN3O3S/c1-3-17-4-9-22(10-5-17)34(32,33)30-25-11-6-18(12-20(25)15-28-30)23-13-19(14-24(27)16(23)2)26(31)29-21-7-8-21/h4-6,9-15,21H,3,7-8H2,1-2H3,(H,29,31). The molecule has 1 heterocycles. The van der Waals surface area contributed by atoms with Crippen LogP contribution in [0.15, 0.2) is 65.7 Å². The molecule has 1 fully saturated rings. The molecule has 0 radical (unpaired) electrons. The smallest absolute Gasteiger partial charge is 0.283 e. The summed E-state index contributed by atoms with van der Waals surface area (Å²) in [4.78, 5) is 12.6. The molecule has 0 spiro atoms. The van der Waals surface area contributed by atoms with Gasteiger partial charge in [-0.1, -0.05) is 25.1 Å². The summed E-state index contributed by atoms with van der Waals surface area (Å²) in [5.74, 6) is -0.760. The summed E-state index contributed by atoms with van der Waals surface area (Å²) < 4.78 is 42.1. The summed E-state index contributed by atoms with van der Waals surface area (Å²) in [5, 5.41) is 7.61. The lowest BCUT2D eigenvalue weighted by Gasteiger charge is -2.12. The number of hydrogen-bond donors (Lipinski definition) is 1. The Hall–Kier alpha value is -3.52. The van der Waals surface area contributed by atoms with E-state index < -0.39 is 15.8 Å². The first kappa shape index (κ1) is 22.3. The lowest BCUT2D eigenvalue weighted by atomic mass is 9.96. The summed E-state index contributed by atoms with van der Waals surface area (Å²) in [7, 11) is -3.87. The highest BCUT2D eigenvalue weighted by Crippen LogP contribution is 2.31. The number of hydrogen-bond acceptors (Lipinski definition) is 4. The number of aromatic nitrogens is 2. The number of benzene rings is 3. The summed E-state index contributed by atoms with van der Waals surface area (Å²) >= 11 is 0. The molecule has 0 bridgehead atoms. The second-order valence-electron chi connectivity index (χ2n) is 8.64. The number of nitrogens with zero attached hydrogens (tertiary/aromatic N) is 2. The number of carbonyl (C=O) groups is 1. The van der Waals surface area contributed by atoms with Crippen LogP contribution in [0.1, 0.15) is 41.3 Å². The number of fused-ring (bicyclic) bond motifs is 1. The van der Waals surface area contributed by atoms with E-state index >= 15 is 0 Å². The molecule has 3 aromatic carbocycles. The molecule has 6 nitrogen and oxygen atoms in total. The van der Waals surface area contributed by atoms with Crippen LogP contribution in [0.2, 0.25) is 0 Å². The summed E-state index contributed by atoms with van der Waals surface area (Å²) in [5.41, 5.74) is 3.40. The van der Waals surface area contributed by atoms with Crippen molar-refractivity contribution >= 4 is 26.8 Å². The normalized spacial score (nSPS) is 13.9. The van der Waals surface area contributed by atoms with Crippen LogP contribution >= 0.6 is 0 Å². The Bertz CT molecular complexity index is 1520. The van der Waals surface area contributed by atoms with E-state index in [0.717, 1.165) is 28.9 Å². The summed E-state index contributed by atoms with van der Waals surface area (Å²) in [6.07, 6.45) is 4.18. The van der Waals surface area contributed by atoms with Gasteiger partial charge in [0.2, 0.25) is 0 Å². The Morgan fingerprint density at radius 2 is 1.85 bits per heavy atom. The monoisotopic (exact) mass is 477 g/mol. The average molecular weight is 478 g/mol. The van der Waals surface area contributed by atoms with Crippen molar-refractivity contribution in [2.75, 3.05) is 0 Å². The fraction of sp³-hybridized carbons (Fsp3) is 0.231. The van der Waals surface area contributed by atoms with Gasteiger partial charge in [-0.15, -0.1) is 0 Å². The van der Waals surface area contributed by atoms with Gasteiger partial charge in [0.15, 0.2) is 0 Å².